The zero-order valence-corrected chi connectivity index (χ0v) is 7.62. The van der Waals surface area contributed by atoms with Crippen LogP contribution < -0.4 is 0 Å². The third-order valence-corrected chi connectivity index (χ3v) is 4.05. The molecule has 0 aromatic rings. The van der Waals surface area contributed by atoms with E-state index in [4.69, 9.17) is 0 Å². The summed E-state index contributed by atoms with van der Waals surface area (Å²) in [5, 5.41) is -0.769. The fourth-order valence-electron chi connectivity index (χ4n) is 1.82. The van der Waals surface area contributed by atoms with Crippen LogP contribution >= 0.6 is 0 Å². The molecule has 4 heteroatoms. The Morgan fingerprint density at radius 3 is 2.18 bits per heavy atom. The van der Waals surface area contributed by atoms with E-state index in [0.717, 1.165) is 12.8 Å². The minimum atomic E-state index is -4.31. The number of rotatable bonds is 1. The van der Waals surface area contributed by atoms with Crippen molar-refractivity contribution in [2.24, 2.45) is 5.41 Å². The zero-order chi connectivity index (χ0) is 8.70. The van der Waals surface area contributed by atoms with Gasteiger partial charge in [-0.1, -0.05) is 20.3 Å². The Hall–Kier alpha value is -0.120. The first-order valence-corrected chi connectivity index (χ1v) is 5.22. The van der Waals surface area contributed by atoms with Gasteiger partial charge in [-0.3, -0.25) is 0 Å². The molecular formula is C7H13FO2S. The Labute approximate surface area is 67.0 Å². The second kappa shape index (κ2) is 2.44. The van der Waals surface area contributed by atoms with Crippen molar-refractivity contribution in [3.05, 3.63) is 0 Å². The van der Waals surface area contributed by atoms with Crippen LogP contribution in [0.3, 0.4) is 0 Å². The standard InChI is InChI=1S/C7H13FO2S/c1-7(2)5-3-4-6(7)11(8,9)10/h6H,3-5H2,1-2H3. The van der Waals surface area contributed by atoms with E-state index < -0.39 is 15.5 Å². The minimum Gasteiger partial charge on any atom is -0.195 e. The van der Waals surface area contributed by atoms with E-state index in [1.165, 1.54) is 0 Å². The second-order valence-corrected chi connectivity index (χ2v) is 5.37. The molecule has 1 atom stereocenters. The molecule has 0 radical (unpaired) electrons. The van der Waals surface area contributed by atoms with Crippen molar-refractivity contribution in [1.29, 1.82) is 0 Å². The van der Waals surface area contributed by atoms with Gasteiger partial charge in [-0.2, -0.15) is 8.42 Å². The third-order valence-electron chi connectivity index (χ3n) is 2.50. The van der Waals surface area contributed by atoms with Gasteiger partial charge in [-0.25, -0.2) is 0 Å². The topological polar surface area (TPSA) is 34.1 Å². The largest absolute Gasteiger partial charge is 0.305 e. The summed E-state index contributed by atoms with van der Waals surface area (Å²) in [7, 11) is -4.31. The van der Waals surface area contributed by atoms with E-state index in [9.17, 15) is 12.3 Å². The first-order chi connectivity index (χ1) is 4.84. The highest BCUT2D eigenvalue weighted by molar-refractivity contribution is 7.87. The highest BCUT2D eigenvalue weighted by atomic mass is 32.3. The van der Waals surface area contributed by atoms with Gasteiger partial charge >= 0.3 is 10.2 Å². The lowest BCUT2D eigenvalue weighted by atomic mass is 9.92. The summed E-state index contributed by atoms with van der Waals surface area (Å²) in [6.07, 6.45) is 2.10. The van der Waals surface area contributed by atoms with Crippen LogP contribution in [0, 0.1) is 5.41 Å². The van der Waals surface area contributed by atoms with Gasteiger partial charge < -0.3 is 0 Å². The van der Waals surface area contributed by atoms with Crippen molar-refractivity contribution in [3.63, 3.8) is 0 Å². The Balaban J connectivity index is 2.91. The molecule has 0 heterocycles. The Morgan fingerprint density at radius 1 is 1.45 bits per heavy atom. The summed E-state index contributed by atoms with van der Waals surface area (Å²) in [6, 6.07) is 0. The molecule has 0 aliphatic heterocycles. The summed E-state index contributed by atoms with van der Waals surface area (Å²) < 4.78 is 33.7. The number of hydrogen-bond donors (Lipinski definition) is 0. The quantitative estimate of drug-likeness (QED) is 0.577. The van der Waals surface area contributed by atoms with Crippen LogP contribution in [-0.2, 0) is 10.2 Å². The van der Waals surface area contributed by atoms with Crippen LogP contribution in [0.1, 0.15) is 33.1 Å². The molecule has 1 aliphatic rings. The molecule has 0 N–H and O–H groups in total. The van der Waals surface area contributed by atoms with Crippen LogP contribution in [0.5, 0.6) is 0 Å². The maximum atomic E-state index is 12.6. The predicted molar refractivity (Wildman–Crippen MR) is 41.4 cm³/mol. The summed E-state index contributed by atoms with van der Waals surface area (Å²) >= 11 is 0. The molecule has 1 saturated carbocycles. The van der Waals surface area contributed by atoms with Crippen LogP contribution in [0.15, 0.2) is 0 Å². The third kappa shape index (κ3) is 1.72. The predicted octanol–water partition coefficient (Wildman–Crippen LogP) is 1.86. The molecule has 0 saturated heterocycles. The first-order valence-electron chi connectivity index (χ1n) is 3.77. The van der Waals surface area contributed by atoms with Crippen molar-refractivity contribution >= 4 is 10.2 Å². The van der Waals surface area contributed by atoms with Crippen LogP contribution in [-0.4, -0.2) is 13.7 Å². The van der Waals surface area contributed by atoms with Crippen LogP contribution in [0.4, 0.5) is 3.89 Å². The van der Waals surface area contributed by atoms with E-state index in [-0.39, 0.29) is 5.41 Å². The number of hydrogen-bond acceptors (Lipinski definition) is 2. The van der Waals surface area contributed by atoms with Gasteiger partial charge in [0.15, 0.2) is 0 Å². The highest BCUT2D eigenvalue weighted by Crippen LogP contribution is 2.41. The van der Waals surface area contributed by atoms with Gasteiger partial charge in [0.1, 0.15) is 0 Å². The normalized spacial score (nSPS) is 30.6. The summed E-state index contributed by atoms with van der Waals surface area (Å²) in [4.78, 5) is 0. The van der Waals surface area contributed by atoms with Crippen LogP contribution in [0.2, 0.25) is 0 Å². The first kappa shape index (κ1) is 8.97. The average Bonchev–Trinajstić information content (AvgIpc) is 2.06. The molecular weight excluding hydrogens is 167 g/mol. The monoisotopic (exact) mass is 180 g/mol. The lowest BCUT2D eigenvalue weighted by Crippen LogP contribution is -2.28. The van der Waals surface area contributed by atoms with Gasteiger partial charge in [0.25, 0.3) is 0 Å². The molecule has 1 rings (SSSR count). The van der Waals surface area contributed by atoms with E-state index >= 15 is 0 Å². The SMILES string of the molecule is CC1(C)CCCC1S(=O)(=O)F. The molecule has 0 amide bonds. The summed E-state index contributed by atoms with van der Waals surface area (Å²) in [5.74, 6) is 0. The minimum absolute atomic E-state index is 0.367. The van der Waals surface area contributed by atoms with E-state index in [1.807, 2.05) is 13.8 Å². The second-order valence-electron chi connectivity index (χ2n) is 3.85. The maximum absolute atomic E-state index is 12.6. The molecule has 2 nitrogen and oxygen atoms in total. The zero-order valence-electron chi connectivity index (χ0n) is 6.80. The lowest BCUT2D eigenvalue weighted by molar-refractivity contribution is 0.370. The Morgan fingerprint density at radius 2 is 2.00 bits per heavy atom. The van der Waals surface area contributed by atoms with Gasteiger partial charge in [-0.15, -0.1) is 3.89 Å². The smallest absolute Gasteiger partial charge is 0.195 e. The fourth-order valence-corrected chi connectivity index (χ4v) is 3.14. The van der Waals surface area contributed by atoms with Gasteiger partial charge in [0.2, 0.25) is 0 Å². The molecule has 0 aromatic heterocycles. The molecule has 1 unspecified atom stereocenters. The molecule has 0 aromatic carbocycles. The Bertz CT molecular complexity index is 243. The van der Waals surface area contributed by atoms with Gasteiger partial charge in [0, 0.05) is 0 Å². The van der Waals surface area contributed by atoms with E-state index in [2.05, 4.69) is 0 Å². The van der Waals surface area contributed by atoms with Crippen molar-refractivity contribution < 1.29 is 12.3 Å². The Kier molecular flexibility index (Phi) is 1.99. The molecule has 66 valence electrons. The molecule has 0 bridgehead atoms. The van der Waals surface area contributed by atoms with Crippen molar-refractivity contribution in [3.8, 4) is 0 Å². The van der Waals surface area contributed by atoms with Crippen LogP contribution in [0.25, 0.3) is 0 Å². The van der Waals surface area contributed by atoms with E-state index in [1.54, 1.807) is 0 Å². The van der Waals surface area contributed by atoms with Crippen molar-refractivity contribution in [1.82, 2.24) is 0 Å². The summed E-state index contributed by atoms with van der Waals surface area (Å²) in [5.41, 5.74) is -0.367. The highest BCUT2D eigenvalue weighted by Gasteiger charge is 2.43. The number of halogens is 1. The maximum Gasteiger partial charge on any atom is 0.305 e. The van der Waals surface area contributed by atoms with Crippen molar-refractivity contribution in [2.75, 3.05) is 0 Å². The fraction of sp³-hybridized carbons (Fsp3) is 1.00. The lowest BCUT2D eigenvalue weighted by Gasteiger charge is -2.22. The molecule has 11 heavy (non-hydrogen) atoms. The van der Waals surface area contributed by atoms with Gasteiger partial charge in [0.05, 0.1) is 5.25 Å². The molecule has 1 fully saturated rings. The van der Waals surface area contributed by atoms with Crippen molar-refractivity contribution in [2.45, 2.75) is 38.4 Å². The molecule has 0 spiro atoms. The summed E-state index contributed by atoms with van der Waals surface area (Å²) in [6.45, 7) is 3.61. The average molecular weight is 180 g/mol. The molecule has 1 aliphatic carbocycles. The van der Waals surface area contributed by atoms with E-state index in [0.29, 0.717) is 6.42 Å². The van der Waals surface area contributed by atoms with Gasteiger partial charge in [-0.05, 0) is 18.3 Å².